The molecule has 1 aliphatic rings. The number of nitrogens with zero attached hydrogens (tertiary/aromatic N) is 4. The highest BCUT2D eigenvalue weighted by Gasteiger charge is 2.33. The molecule has 10 heteroatoms. The molecule has 3 aromatic rings. The summed E-state index contributed by atoms with van der Waals surface area (Å²) in [4.78, 5) is 24.4. The van der Waals surface area contributed by atoms with Gasteiger partial charge >= 0.3 is 6.18 Å². The van der Waals surface area contributed by atoms with E-state index in [0.29, 0.717) is 31.9 Å². The molecule has 0 bridgehead atoms. The first-order chi connectivity index (χ1) is 17.3. The molecule has 2 aromatic heterocycles. The quantitative estimate of drug-likeness (QED) is 0.475. The molecule has 2 N–H and O–H groups in total. The zero-order valence-corrected chi connectivity index (χ0v) is 19.7. The van der Waals surface area contributed by atoms with Crippen molar-refractivity contribution in [2.75, 3.05) is 37.7 Å². The summed E-state index contributed by atoms with van der Waals surface area (Å²) in [5.41, 5.74) is 6.65. The fraction of sp³-hybridized carbons (Fsp3) is 0.346. The van der Waals surface area contributed by atoms with E-state index in [1.54, 1.807) is 47.6 Å². The van der Waals surface area contributed by atoms with Crippen LogP contribution in [-0.4, -0.2) is 53.6 Å². The fourth-order valence-electron chi connectivity index (χ4n) is 4.31. The van der Waals surface area contributed by atoms with E-state index in [2.05, 4.69) is 14.9 Å². The second-order valence-electron chi connectivity index (χ2n) is 8.58. The molecular weight excluding hydrogens is 471 g/mol. The smallest absolute Gasteiger partial charge is 0.379 e. The second-order valence-corrected chi connectivity index (χ2v) is 8.58. The lowest BCUT2D eigenvalue weighted by atomic mass is 10.00. The number of benzene rings is 1. The van der Waals surface area contributed by atoms with Crippen molar-refractivity contribution in [2.45, 2.75) is 25.6 Å². The molecule has 0 atom stereocenters. The van der Waals surface area contributed by atoms with E-state index in [0.717, 1.165) is 24.7 Å². The zero-order valence-electron chi connectivity index (χ0n) is 19.7. The number of halogens is 3. The van der Waals surface area contributed by atoms with Crippen molar-refractivity contribution in [1.29, 1.82) is 0 Å². The van der Waals surface area contributed by atoms with Crippen LogP contribution < -0.4 is 10.6 Å². The molecule has 0 spiro atoms. The predicted octanol–water partition coefficient (Wildman–Crippen LogP) is 4.20. The van der Waals surface area contributed by atoms with Gasteiger partial charge in [-0.3, -0.25) is 14.7 Å². The highest BCUT2D eigenvalue weighted by molar-refractivity contribution is 5.98. The number of morpholine rings is 1. The van der Waals surface area contributed by atoms with Gasteiger partial charge in [-0.15, -0.1) is 0 Å². The summed E-state index contributed by atoms with van der Waals surface area (Å²) >= 11 is 0. The van der Waals surface area contributed by atoms with Gasteiger partial charge in [0.15, 0.2) is 0 Å². The lowest BCUT2D eigenvalue weighted by Gasteiger charge is -2.28. The Morgan fingerprint density at radius 3 is 2.53 bits per heavy atom. The zero-order chi connectivity index (χ0) is 25.5. The maximum absolute atomic E-state index is 13.9. The molecule has 7 nitrogen and oxygen atoms in total. The van der Waals surface area contributed by atoms with Crippen LogP contribution in [0.1, 0.15) is 33.5 Å². The molecule has 1 saturated heterocycles. The Kier molecular flexibility index (Phi) is 8.17. The van der Waals surface area contributed by atoms with Gasteiger partial charge in [0.05, 0.1) is 24.3 Å². The maximum Gasteiger partial charge on any atom is 0.416 e. The molecule has 36 heavy (non-hydrogen) atoms. The number of aryl methyl sites for hydroxylation is 1. The van der Waals surface area contributed by atoms with E-state index in [4.69, 9.17) is 10.5 Å². The second kappa shape index (κ2) is 11.5. The molecule has 0 radical (unpaired) electrons. The standard InChI is InChI=1S/C26H28F3N5O2/c27-26(28,29)23-6-5-21(17-20(23)3-2-12-33-13-15-36-16-14-33)34(18-19-7-10-31-11-8-19)25-22(24(30)35)4-1-9-32-25/h1,4-11,17H,2-3,12-16,18H2,(H2,30,35). The van der Waals surface area contributed by atoms with Crippen molar-refractivity contribution < 1.29 is 22.7 Å². The largest absolute Gasteiger partial charge is 0.416 e. The molecule has 4 rings (SSSR count). The Morgan fingerprint density at radius 2 is 1.83 bits per heavy atom. The van der Waals surface area contributed by atoms with E-state index in [9.17, 15) is 18.0 Å². The highest BCUT2D eigenvalue weighted by atomic mass is 19.4. The monoisotopic (exact) mass is 499 g/mol. The fourth-order valence-corrected chi connectivity index (χ4v) is 4.31. The van der Waals surface area contributed by atoms with Gasteiger partial charge in [-0.1, -0.05) is 0 Å². The van der Waals surface area contributed by atoms with Gasteiger partial charge in [-0.05, 0) is 73.0 Å². The van der Waals surface area contributed by atoms with E-state index >= 15 is 0 Å². The Hall–Kier alpha value is -3.50. The van der Waals surface area contributed by atoms with Crippen LogP contribution in [0.3, 0.4) is 0 Å². The minimum Gasteiger partial charge on any atom is -0.379 e. The third kappa shape index (κ3) is 6.38. The van der Waals surface area contributed by atoms with Crippen LogP contribution in [0.25, 0.3) is 0 Å². The summed E-state index contributed by atoms with van der Waals surface area (Å²) in [6.07, 6.45) is 1.14. The topological polar surface area (TPSA) is 84.6 Å². The van der Waals surface area contributed by atoms with Gasteiger partial charge in [0, 0.05) is 43.9 Å². The number of hydrogen-bond donors (Lipinski definition) is 1. The SMILES string of the molecule is NC(=O)c1cccnc1N(Cc1ccncc1)c1ccc(C(F)(F)F)c(CCCN2CCOCC2)c1. The summed E-state index contributed by atoms with van der Waals surface area (Å²) < 4.78 is 47.0. The van der Waals surface area contributed by atoms with Crippen LogP contribution in [0.5, 0.6) is 0 Å². The Morgan fingerprint density at radius 1 is 1.08 bits per heavy atom. The van der Waals surface area contributed by atoms with Crippen molar-refractivity contribution in [3.8, 4) is 0 Å². The Balaban J connectivity index is 1.70. The summed E-state index contributed by atoms with van der Waals surface area (Å²) in [6.45, 7) is 3.79. The lowest BCUT2D eigenvalue weighted by molar-refractivity contribution is -0.138. The van der Waals surface area contributed by atoms with Crippen molar-refractivity contribution in [3.63, 3.8) is 0 Å². The number of ether oxygens (including phenoxy) is 1. The molecule has 1 aromatic carbocycles. The molecule has 1 fully saturated rings. The van der Waals surface area contributed by atoms with Gasteiger partial charge in [-0.25, -0.2) is 4.98 Å². The molecule has 1 aliphatic heterocycles. The third-order valence-electron chi connectivity index (χ3n) is 6.13. The molecule has 1 amide bonds. The highest BCUT2D eigenvalue weighted by Crippen LogP contribution is 2.37. The molecular formula is C26H28F3N5O2. The van der Waals surface area contributed by atoms with Gasteiger partial charge in [0.25, 0.3) is 5.91 Å². The van der Waals surface area contributed by atoms with Crippen LogP contribution in [0.2, 0.25) is 0 Å². The number of amides is 1. The van der Waals surface area contributed by atoms with Crippen LogP contribution in [-0.2, 0) is 23.9 Å². The summed E-state index contributed by atoms with van der Waals surface area (Å²) in [5, 5.41) is 0. The lowest BCUT2D eigenvalue weighted by Crippen LogP contribution is -2.37. The van der Waals surface area contributed by atoms with E-state index in [1.165, 1.54) is 12.3 Å². The van der Waals surface area contributed by atoms with Gasteiger partial charge in [-0.2, -0.15) is 13.2 Å². The summed E-state index contributed by atoms with van der Waals surface area (Å²) in [5.74, 6) is -0.392. The number of carbonyl (C=O) groups excluding carboxylic acids is 1. The molecule has 190 valence electrons. The third-order valence-corrected chi connectivity index (χ3v) is 6.13. The number of nitrogens with two attached hydrogens (primary N) is 1. The molecule has 0 saturated carbocycles. The first kappa shape index (κ1) is 25.6. The normalized spacial score (nSPS) is 14.5. The number of anilines is 2. The van der Waals surface area contributed by atoms with Crippen LogP contribution in [0.15, 0.2) is 61.1 Å². The van der Waals surface area contributed by atoms with Gasteiger partial charge in [0.1, 0.15) is 5.82 Å². The van der Waals surface area contributed by atoms with Crippen molar-refractivity contribution in [2.24, 2.45) is 5.73 Å². The predicted molar refractivity (Wildman–Crippen MR) is 130 cm³/mol. The van der Waals surface area contributed by atoms with E-state index < -0.39 is 17.6 Å². The number of pyridine rings is 2. The van der Waals surface area contributed by atoms with Crippen molar-refractivity contribution in [3.05, 3.63) is 83.3 Å². The number of aromatic nitrogens is 2. The Labute approximate surface area is 207 Å². The molecule has 0 unspecified atom stereocenters. The van der Waals surface area contributed by atoms with Crippen molar-refractivity contribution in [1.82, 2.24) is 14.9 Å². The number of carbonyl (C=O) groups is 1. The number of primary amides is 1. The number of hydrogen-bond acceptors (Lipinski definition) is 6. The van der Waals surface area contributed by atoms with Crippen LogP contribution in [0.4, 0.5) is 24.7 Å². The average molecular weight is 500 g/mol. The van der Waals surface area contributed by atoms with E-state index in [1.807, 2.05) is 0 Å². The average Bonchev–Trinajstić information content (AvgIpc) is 2.88. The van der Waals surface area contributed by atoms with Gasteiger partial charge in [0.2, 0.25) is 0 Å². The van der Waals surface area contributed by atoms with Crippen LogP contribution >= 0.6 is 0 Å². The minimum absolute atomic E-state index is 0.181. The van der Waals surface area contributed by atoms with Gasteiger partial charge < -0.3 is 15.4 Å². The van der Waals surface area contributed by atoms with Crippen LogP contribution in [0, 0.1) is 0 Å². The molecule has 3 heterocycles. The first-order valence-electron chi connectivity index (χ1n) is 11.7. The first-order valence-corrected chi connectivity index (χ1v) is 11.7. The summed E-state index contributed by atoms with van der Waals surface area (Å²) in [6, 6.07) is 10.8. The minimum atomic E-state index is -4.48. The number of rotatable bonds is 9. The maximum atomic E-state index is 13.9. The number of alkyl halides is 3. The van der Waals surface area contributed by atoms with E-state index in [-0.39, 0.29) is 29.9 Å². The Bertz CT molecular complexity index is 1170. The van der Waals surface area contributed by atoms with Crippen molar-refractivity contribution >= 4 is 17.4 Å². The summed E-state index contributed by atoms with van der Waals surface area (Å²) in [7, 11) is 0. The molecule has 0 aliphatic carbocycles.